The van der Waals surface area contributed by atoms with E-state index in [1.807, 2.05) is 0 Å². The summed E-state index contributed by atoms with van der Waals surface area (Å²) in [4.78, 5) is 12.5. The number of H-pyrrole nitrogens is 1. The zero-order chi connectivity index (χ0) is 17.5. The maximum Gasteiger partial charge on any atom is 0.157 e. The summed E-state index contributed by atoms with van der Waals surface area (Å²) in [6, 6.07) is 8.84. The van der Waals surface area contributed by atoms with Crippen LogP contribution in [0, 0.1) is 0 Å². The molecule has 0 fully saturated rings. The highest BCUT2D eigenvalue weighted by atomic mass is 127. The standard InChI is InChI=1S/C20H27N4.HI/c1-20(2,3)15-9-7-14(8-10-15)17-16(13-24(4,5)6)18-19(23-17)22-12-11-21-18;/h7-12H,13H2,1-6H3,(H,22,23);1H/q+1;/p-1. The van der Waals surface area contributed by atoms with E-state index in [1.165, 1.54) is 16.7 Å². The van der Waals surface area contributed by atoms with E-state index in [1.54, 1.807) is 12.4 Å². The highest BCUT2D eigenvalue weighted by Crippen LogP contribution is 2.31. The van der Waals surface area contributed by atoms with Gasteiger partial charge in [0.2, 0.25) is 0 Å². The predicted molar refractivity (Wildman–Crippen MR) is 99.8 cm³/mol. The molecule has 0 aliphatic carbocycles. The third-order valence-corrected chi connectivity index (χ3v) is 4.20. The van der Waals surface area contributed by atoms with Crippen LogP contribution in [0.15, 0.2) is 36.7 Å². The molecule has 0 atom stereocenters. The van der Waals surface area contributed by atoms with Crippen LogP contribution >= 0.6 is 0 Å². The molecule has 5 heteroatoms. The number of benzene rings is 1. The first kappa shape index (κ1) is 19.8. The summed E-state index contributed by atoms with van der Waals surface area (Å²) in [7, 11) is 6.59. The lowest BCUT2D eigenvalue weighted by Crippen LogP contribution is -3.00. The van der Waals surface area contributed by atoms with E-state index in [4.69, 9.17) is 0 Å². The van der Waals surface area contributed by atoms with Crippen molar-refractivity contribution in [1.82, 2.24) is 15.0 Å². The molecular weight excluding hydrogens is 423 g/mol. The number of aromatic nitrogens is 3. The molecule has 3 aromatic rings. The van der Waals surface area contributed by atoms with E-state index in [0.29, 0.717) is 0 Å². The van der Waals surface area contributed by atoms with Crippen molar-refractivity contribution in [2.45, 2.75) is 32.7 Å². The predicted octanol–water partition coefficient (Wildman–Crippen LogP) is 1.13. The molecule has 0 radical (unpaired) electrons. The van der Waals surface area contributed by atoms with Crippen LogP contribution in [0.25, 0.3) is 22.4 Å². The number of halogens is 1. The smallest absolute Gasteiger partial charge is 0.157 e. The second-order valence-electron chi connectivity index (χ2n) is 8.51. The number of nitrogens with zero attached hydrogens (tertiary/aromatic N) is 3. The zero-order valence-corrected chi connectivity index (χ0v) is 18.0. The number of hydrogen-bond donors (Lipinski definition) is 1. The third kappa shape index (κ3) is 4.39. The molecule has 1 N–H and O–H groups in total. The lowest BCUT2D eigenvalue weighted by atomic mass is 9.86. The van der Waals surface area contributed by atoms with Gasteiger partial charge < -0.3 is 33.4 Å². The molecule has 25 heavy (non-hydrogen) atoms. The molecule has 1 aromatic carbocycles. The van der Waals surface area contributed by atoms with Crippen molar-refractivity contribution in [1.29, 1.82) is 0 Å². The number of nitrogens with one attached hydrogen (secondary N) is 1. The van der Waals surface area contributed by atoms with Crippen molar-refractivity contribution >= 4 is 11.2 Å². The van der Waals surface area contributed by atoms with Gasteiger partial charge in [-0.25, -0.2) is 4.98 Å². The first-order valence-corrected chi connectivity index (χ1v) is 8.38. The fraction of sp³-hybridized carbons (Fsp3) is 0.400. The second kappa shape index (κ2) is 7.03. The van der Waals surface area contributed by atoms with Crippen molar-refractivity contribution in [3.05, 3.63) is 47.8 Å². The van der Waals surface area contributed by atoms with Crippen LogP contribution in [0.2, 0.25) is 0 Å². The lowest BCUT2D eigenvalue weighted by molar-refractivity contribution is -0.883. The number of rotatable bonds is 3. The first-order valence-electron chi connectivity index (χ1n) is 8.38. The largest absolute Gasteiger partial charge is 1.00 e. The molecule has 134 valence electrons. The highest BCUT2D eigenvalue weighted by molar-refractivity contribution is 5.85. The molecule has 2 aromatic heterocycles. The third-order valence-electron chi connectivity index (χ3n) is 4.20. The van der Waals surface area contributed by atoms with Crippen molar-refractivity contribution < 1.29 is 28.5 Å². The average molecular weight is 450 g/mol. The van der Waals surface area contributed by atoms with E-state index >= 15 is 0 Å². The van der Waals surface area contributed by atoms with Crippen molar-refractivity contribution in [3.63, 3.8) is 0 Å². The molecule has 0 unspecified atom stereocenters. The molecule has 0 spiro atoms. The molecule has 0 amide bonds. The van der Waals surface area contributed by atoms with Gasteiger partial charge in [-0.3, -0.25) is 4.98 Å². The number of hydrogen-bond acceptors (Lipinski definition) is 2. The van der Waals surface area contributed by atoms with Gasteiger partial charge in [0, 0.05) is 12.4 Å². The molecule has 0 aliphatic heterocycles. The summed E-state index contributed by atoms with van der Waals surface area (Å²) in [6.45, 7) is 7.61. The fourth-order valence-electron chi connectivity index (χ4n) is 2.97. The number of quaternary nitrogens is 1. The van der Waals surface area contributed by atoms with Crippen LogP contribution in [0.5, 0.6) is 0 Å². The van der Waals surface area contributed by atoms with E-state index in [0.717, 1.165) is 27.9 Å². The first-order chi connectivity index (χ1) is 11.1. The Morgan fingerprint density at radius 2 is 1.56 bits per heavy atom. The molecule has 3 rings (SSSR count). The highest BCUT2D eigenvalue weighted by Gasteiger charge is 2.21. The quantitative estimate of drug-likeness (QED) is 0.481. The van der Waals surface area contributed by atoms with Crippen LogP contribution in [-0.4, -0.2) is 40.6 Å². The average Bonchev–Trinajstić information content (AvgIpc) is 2.84. The maximum absolute atomic E-state index is 4.56. The molecule has 2 heterocycles. The Kier molecular flexibility index (Phi) is 5.59. The Balaban J connectivity index is 0.00000225. The van der Waals surface area contributed by atoms with Gasteiger partial charge in [0.1, 0.15) is 12.1 Å². The van der Waals surface area contributed by atoms with E-state index in [2.05, 4.69) is 81.1 Å². The minimum atomic E-state index is 0. The van der Waals surface area contributed by atoms with E-state index < -0.39 is 0 Å². The molecule has 0 aliphatic rings. The van der Waals surface area contributed by atoms with Gasteiger partial charge in [0.15, 0.2) is 5.65 Å². The Morgan fingerprint density at radius 3 is 2.12 bits per heavy atom. The minimum Gasteiger partial charge on any atom is -1.00 e. The normalized spacial score (nSPS) is 12.2. The number of aromatic amines is 1. The Labute approximate surface area is 167 Å². The van der Waals surface area contributed by atoms with Gasteiger partial charge in [-0.05, 0) is 16.5 Å². The van der Waals surface area contributed by atoms with E-state index in [-0.39, 0.29) is 29.4 Å². The summed E-state index contributed by atoms with van der Waals surface area (Å²) in [5.74, 6) is 0. The zero-order valence-electron chi connectivity index (χ0n) is 15.9. The van der Waals surface area contributed by atoms with Crippen molar-refractivity contribution in [2.24, 2.45) is 0 Å². The Bertz CT molecular complexity index is 852. The van der Waals surface area contributed by atoms with Crippen LogP contribution in [-0.2, 0) is 12.0 Å². The minimum absolute atomic E-state index is 0. The second-order valence-corrected chi connectivity index (χ2v) is 8.51. The molecule has 4 nitrogen and oxygen atoms in total. The summed E-state index contributed by atoms with van der Waals surface area (Å²) < 4.78 is 0.844. The van der Waals surface area contributed by atoms with Gasteiger partial charge in [-0.2, -0.15) is 0 Å². The monoisotopic (exact) mass is 450 g/mol. The lowest BCUT2D eigenvalue weighted by Gasteiger charge is -2.24. The SMILES string of the molecule is CC(C)(C)c1ccc(-c2[nH]c3nccnc3c2C[N+](C)(C)C)cc1.[I-]. The van der Waals surface area contributed by atoms with E-state index in [9.17, 15) is 0 Å². The molecule has 0 bridgehead atoms. The topological polar surface area (TPSA) is 41.6 Å². The number of fused-ring (bicyclic) bond motifs is 1. The van der Waals surface area contributed by atoms with Gasteiger partial charge in [0.25, 0.3) is 0 Å². The van der Waals surface area contributed by atoms with Crippen LogP contribution in [0.4, 0.5) is 0 Å². The molecule has 0 saturated carbocycles. The van der Waals surface area contributed by atoms with Gasteiger partial charge in [-0.15, -0.1) is 0 Å². The molecule has 0 saturated heterocycles. The maximum atomic E-state index is 4.56. The summed E-state index contributed by atoms with van der Waals surface area (Å²) in [6.07, 6.45) is 3.50. The van der Waals surface area contributed by atoms with Gasteiger partial charge in [-0.1, -0.05) is 45.0 Å². The van der Waals surface area contributed by atoms with Crippen LogP contribution < -0.4 is 24.0 Å². The van der Waals surface area contributed by atoms with Crippen LogP contribution in [0.1, 0.15) is 31.9 Å². The van der Waals surface area contributed by atoms with Crippen molar-refractivity contribution in [2.75, 3.05) is 21.1 Å². The molecular formula is C20H27IN4. The van der Waals surface area contributed by atoms with Crippen LogP contribution in [0.3, 0.4) is 0 Å². The Hall–Kier alpha value is -1.47. The summed E-state index contributed by atoms with van der Waals surface area (Å²) in [5, 5.41) is 0. The van der Waals surface area contributed by atoms with Gasteiger partial charge in [0.05, 0.1) is 32.4 Å². The summed E-state index contributed by atoms with van der Waals surface area (Å²) >= 11 is 0. The Morgan fingerprint density at radius 1 is 0.960 bits per heavy atom. The summed E-state index contributed by atoms with van der Waals surface area (Å²) in [5.41, 5.74) is 6.88. The van der Waals surface area contributed by atoms with Gasteiger partial charge >= 0.3 is 0 Å². The fourth-order valence-corrected chi connectivity index (χ4v) is 2.97. The van der Waals surface area contributed by atoms with Crippen molar-refractivity contribution in [3.8, 4) is 11.3 Å².